The summed E-state index contributed by atoms with van der Waals surface area (Å²) < 4.78 is 5.89. The molecule has 1 saturated heterocycles. The molecule has 1 aromatic heterocycles. The van der Waals surface area contributed by atoms with E-state index in [1.165, 1.54) is 31.5 Å². The number of nitrogens with one attached hydrogen (secondary N) is 1. The van der Waals surface area contributed by atoms with Gasteiger partial charge in [0.1, 0.15) is 12.4 Å². The van der Waals surface area contributed by atoms with E-state index in [9.17, 15) is 0 Å². The van der Waals surface area contributed by atoms with Crippen molar-refractivity contribution in [2.24, 2.45) is 0 Å². The first kappa shape index (κ1) is 16.9. The van der Waals surface area contributed by atoms with Crippen LogP contribution in [0.15, 0.2) is 48.7 Å². The molecule has 1 aromatic carbocycles. The van der Waals surface area contributed by atoms with Gasteiger partial charge in [0.15, 0.2) is 0 Å². The van der Waals surface area contributed by atoms with Gasteiger partial charge in [-0.2, -0.15) is 0 Å². The maximum atomic E-state index is 5.89. The number of nitrogens with zero attached hydrogens (tertiary/aromatic N) is 2. The van der Waals surface area contributed by atoms with Crippen molar-refractivity contribution in [1.29, 1.82) is 0 Å². The van der Waals surface area contributed by atoms with Crippen molar-refractivity contribution in [3.8, 4) is 5.75 Å². The van der Waals surface area contributed by atoms with Gasteiger partial charge in [0, 0.05) is 18.3 Å². The van der Waals surface area contributed by atoms with E-state index in [2.05, 4.69) is 47.4 Å². The molecule has 3 rings (SSSR count). The third-order valence-corrected chi connectivity index (χ3v) is 4.68. The Morgan fingerprint density at radius 2 is 2.04 bits per heavy atom. The first-order chi connectivity index (χ1) is 11.7. The van der Waals surface area contributed by atoms with Crippen molar-refractivity contribution in [3.63, 3.8) is 0 Å². The average molecular weight is 325 g/mol. The number of hydrogen-bond acceptors (Lipinski definition) is 4. The van der Waals surface area contributed by atoms with Crippen molar-refractivity contribution in [3.05, 3.63) is 59.9 Å². The number of likely N-dealkylation sites (tertiary alicyclic amines) is 1. The van der Waals surface area contributed by atoms with Crippen LogP contribution in [-0.4, -0.2) is 36.1 Å². The molecule has 1 N–H and O–H groups in total. The molecule has 0 saturated carbocycles. The Kier molecular flexibility index (Phi) is 5.83. The number of piperidine rings is 1. The molecule has 0 spiro atoms. The van der Waals surface area contributed by atoms with Gasteiger partial charge < -0.3 is 15.0 Å². The zero-order valence-corrected chi connectivity index (χ0v) is 14.6. The minimum atomic E-state index is 0.330. The summed E-state index contributed by atoms with van der Waals surface area (Å²) in [7, 11) is 2.20. The van der Waals surface area contributed by atoms with Crippen molar-refractivity contribution in [2.45, 2.75) is 38.5 Å². The van der Waals surface area contributed by atoms with Gasteiger partial charge in [-0.25, -0.2) is 0 Å². The minimum Gasteiger partial charge on any atom is -0.487 e. The lowest BCUT2D eigenvalue weighted by Gasteiger charge is -2.31. The van der Waals surface area contributed by atoms with Crippen LogP contribution in [0.5, 0.6) is 5.75 Å². The second-order valence-electron chi connectivity index (χ2n) is 6.65. The summed E-state index contributed by atoms with van der Waals surface area (Å²) in [5.41, 5.74) is 2.22. The topological polar surface area (TPSA) is 37.4 Å². The molecule has 1 atom stereocenters. The normalized spacial score (nSPS) is 17.6. The SMILES string of the molecule is C[C@H](NC1CCN(C)CC1)c1cccc(OCc2ccccn2)c1. The summed E-state index contributed by atoms with van der Waals surface area (Å²) >= 11 is 0. The van der Waals surface area contributed by atoms with Crippen molar-refractivity contribution >= 4 is 0 Å². The molecule has 4 heteroatoms. The molecule has 0 amide bonds. The van der Waals surface area contributed by atoms with Gasteiger partial charge in [-0.05, 0) is 69.7 Å². The van der Waals surface area contributed by atoms with E-state index in [-0.39, 0.29) is 0 Å². The fourth-order valence-corrected chi connectivity index (χ4v) is 3.14. The highest BCUT2D eigenvalue weighted by Gasteiger charge is 2.18. The minimum absolute atomic E-state index is 0.330. The van der Waals surface area contributed by atoms with E-state index in [0.717, 1.165) is 11.4 Å². The summed E-state index contributed by atoms with van der Waals surface area (Å²) in [6.07, 6.45) is 4.23. The van der Waals surface area contributed by atoms with Crippen LogP contribution in [0.3, 0.4) is 0 Å². The van der Waals surface area contributed by atoms with Gasteiger partial charge in [0.05, 0.1) is 5.69 Å². The first-order valence-electron chi connectivity index (χ1n) is 8.78. The molecule has 0 radical (unpaired) electrons. The fraction of sp³-hybridized carbons (Fsp3) is 0.450. The lowest BCUT2D eigenvalue weighted by atomic mass is 10.0. The summed E-state index contributed by atoms with van der Waals surface area (Å²) in [5.74, 6) is 0.898. The van der Waals surface area contributed by atoms with E-state index < -0.39 is 0 Å². The highest BCUT2D eigenvalue weighted by atomic mass is 16.5. The molecule has 0 unspecified atom stereocenters. The lowest BCUT2D eigenvalue weighted by molar-refractivity contribution is 0.226. The average Bonchev–Trinajstić information content (AvgIpc) is 2.63. The van der Waals surface area contributed by atoms with Crippen molar-refractivity contribution in [2.75, 3.05) is 20.1 Å². The third-order valence-electron chi connectivity index (χ3n) is 4.68. The van der Waals surface area contributed by atoms with E-state index in [1.54, 1.807) is 6.20 Å². The molecule has 2 heterocycles. The zero-order chi connectivity index (χ0) is 16.8. The number of ether oxygens (including phenoxy) is 1. The molecule has 0 bridgehead atoms. The Bertz CT molecular complexity index is 624. The Morgan fingerprint density at radius 3 is 2.79 bits per heavy atom. The van der Waals surface area contributed by atoms with Crippen LogP contribution in [0.1, 0.15) is 37.1 Å². The van der Waals surface area contributed by atoms with Gasteiger partial charge in [-0.15, -0.1) is 0 Å². The number of hydrogen-bond donors (Lipinski definition) is 1. The van der Waals surface area contributed by atoms with Gasteiger partial charge >= 0.3 is 0 Å². The maximum Gasteiger partial charge on any atom is 0.130 e. The summed E-state index contributed by atoms with van der Waals surface area (Å²) in [5, 5.41) is 3.76. The van der Waals surface area contributed by atoms with E-state index >= 15 is 0 Å². The van der Waals surface area contributed by atoms with Crippen LogP contribution in [0.2, 0.25) is 0 Å². The standard InChI is InChI=1S/C20H27N3O/c1-16(22-18-9-12-23(2)13-10-18)17-6-5-8-20(14-17)24-15-19-7-3-4-11-21-19/h3-8,11,14,16,18,22H,9-10,12-13,15H2,1-2H3/t16-/m0/s1. The predicted molar refractivity (Wildman–Crippen MR) is 97.1 cm³/mol. The number of benzene rings is 1. The molecule has 1 aliphatic rings. The molecular formula is C20H27N3O. The van der Waals surface area contributed by atoms with Gasteiger partial charge in [-0.3, -0.25) is 4.98 Å². The van der Waals surface area contributed by atoms with E-state index in [0.29, 0.717) is 18.7 Å². The monoisotopic (exact) mass is 325 g/mol. The summed E-state index contributed by atoms with van der Waals surface area (Å²) in [6, 6.07) is 15.2. The zero-order valence-electron chi connectivity index (χ0n) is 14.6. The van der Waals surface area contributed by atoms with Gasteiger partial charge in [0.2, 0.25) is 0 Å². The highest BCUT2D eigenvalue weighted by Crippen LogP contribution is 2.21. The quantitative estimate of drug-likeness (QED) is 0.883. The second-order valence-corrected chi connectivity index (χ2v) is 6.65. The van der Waals surface area contributed by atoms with Gasteiger partial charge in [-0.1, -0.05) is 18.2 Å². The summed E-state index contributed by atoms with van der Waals surface area (Å²) in [6.45, 7) is 5.09. The first-order valence-corrected chi connectivity index (χ1v) is 8.78. The molecule has 24 heavy (non-hydrogen) atoms. The number of pyridine rings is 1. The molecule has 128 valence electrons. The summed E-state index contributed by atoms with van der Waals surface area (Å²) in [4.78, 5) is 6.69. The molecule has 4 nitrogen and oxygen atoms in total. The van der Waals surface area contributed by atoms with Crippen LogP contribution < -0.4 is 10.1 Å². The van der Waals surface area contributed by atoms with Crippen LogP contribution in [-0.2, 0) is 6.61 Å². The Morgan fingerprint density at radius 1 is 1.21 bits per heavy atom. The van der Waals surface area contributed by atoms with Gasteiger partial charge in [0.25, 0.3) is 0 Å². The number of aromatic nitrogens is 1. The van der Waals surface area contributed by atoms with Crippen molar-refractivity contribution in [1.82, 2.24) is 15.2 Å². The van der Waals surface area contributed by atoms with E-state index in [1.807, 2.05) is 24.3 Å². The van der Waals surface area contributed by atoms with Crippen molar-refractivity contribution < 1.29 is 4.74 Å². The molecule has 1 fully saturated rings. The van der Waals surface area contributed by atoms with E-state index in [4.69, 9.17) is 4.74 Å². The second kappa shape index (κ2) is 8.27. The smallest absolute Gasteiger partial charge is 0.130 e. The van der Waals surface area contributed by atoms with Crippen LogP contribution in [0, 0.1) is 0 Å². The molecule has 2 aromatic rings. The van der Waals surface area contributed by atoms with Crippen LogP contribution in [0.4, 0.5) is 0 Å². The molecule has 1 aliphatic heterocycles. The highest BCUT2D eigenvalue weighted by molar-refractivity contribution is 5.30. The lowest BCUT2D eigenvalue weighted by Crippen LogP contribution is -2.41. The molecular weight excluding hydrogens is 298 g/mol. The fourth-order valence-electron chi connectivity index (χ4n) is 3.14. The molecule has 0 aliphatic carbocycles. The van der Waals surface area contributed by atoms with Crippen LogP contribution >= 0.6 is 0 Å². The Labute approximate surface area is 144 Å². The largest absolute Gasteiger partial charge is 0.487 e. The third kappa shape index (κ3) is 4.79. The van der Waals surface area contributed by atoms with Crippen LogP contribution in [0.25, 0.3) is 0 Å². The Hall–Kier alpha value is -1.91. The maximum absolute atomic E-state index is 5.89. The number of rotatable bonds is 6. The predicted octanol–water partition coefficient (Wildman–Crippen LogP) is 3.41. The Balaban J connectivity index is 1.56.